The molecule has 0 aromatic rings. The molecule has 8 nitrogen and oxygen atoms in total. The van der Waals surface area contributed by atoms with Crippen LogP contribution in [0.15, 0.2) is 0 Å². The molecule has 0 bridgehead atoms. The second-order valence-corrected chi connectivity index (χ2v) is 9.85. The fraction of sp³-hybridized carbons (Fsp3) is 0.895. The van der Waals surface area contributed by atoms with Crippen LogP contribution in [0.25, 0.3) is 0 Å². The quantitative estimate of drug-likeness (QED) is 0.550. The Morgan fingerprint density at radius 1 is 0.667 bits per heavy atom. The highest BCUT2D eigenvalue weighted by atomic mass is 16.7. The number of carbonyl (C=O) groups excluding carboxylic acids is 2. The zero-order chi connectivity index (χ0) is 21.3. The van der Waals surface area contributed by atoms with Crippen LogP contribution in [0.2, 0.25) is 0 Å². The minimum atomic E-state index is -1.90. The van der Waals surface area contributed by atoms with E-state index < -0.39 is 56.4 Å². The Morgan fingerprint density at radius 3 is 1.30 bits per heavy atom. The molecule has 0 aromatic carbocycles. The van der Waals surface area contributed by atoms with Gasteiger partial charge in [-0.25, -0.2) is 0 Å². The predicted octanol–water partition coefficient (Wildman–Crippen LogP) is 0.302. The molecule has 5 atom stereocenters. The fourth-order valence-corrected chi connectivity index (χ4v) is 5.88. The molecule has 3 rings (SSSR count). The van der Waals surface area contributed by atoms with Gasteiger partial charge in [0.15, 0.2) is 11.2 Å². The molecule has 2 saturated carbocycles. The molecule has 8 heteroatoms. The number of hydrogen-bond acceptors (Lipinski definition) is 8. The summed E-state index contributed by atoms with van der Waals surface area (Å²) in [5, 5.41) is 32.6. The molecule has 0 aromatic heterocycles. The highest BCUT2D eigenvalue weighted by Crippen LogP contribution is 2.74. The van der Waals surface area contributed by atoms with Gasteiger partial charge in [0.25, 0.3) is 0 Å². The first-order valence-electron chi connectivity index (χ1n) is 9.01. The first-order chi connectivity index (χ1) is 11.8. The smallest absolute Gasteiger partial charge is 0.316 e. The van der Waals surface area contributed by atoms with Crippen LogP contribution in [0, 0.1) is 10.8 Å². The molecule has 3 aliphatic rings. The number of rotatable bonds is 1. The third kappa shape index (κ3) is 1.53. The topological polar surface area (TPSA) is 123 Å². The lowest BCUT2D eigenvalue weighted by Crippen LogP contribution is -2.61. The van der Waals surface area contributed by atoms with Gasteiger partial charge in [-0.15, -0.1) is 0 Å². The van der Waals surface area contributed by atoms with E-state index in [1.54, 1.807) is 6.92 Å². The van der Waals surface area contributed by atoms with Crippen molar-refractivity contribution in [1.29, 1.82) is 0 Å². The van der Waals surface area contributed by atoms with E-state index in [1.807, 2.05) is 0 Å². The summed E-state index contributed by atoms with van der Waals surface area (Å²) >= 11 is 0. The summed E-state index contributed by atoms with van der Waals surface area (Å²) in [6.45, 7) is 11.5. The van der Waals surface area contributed by atoms with Crippen molar-refractivity contribution in [3.05, 3.63) is 0 Å². The molecule has 1 saturated heterocycles. The van der Waals surface area contributed by atoms with Crippen LogP contribution in [0.5, 0.6) is 0 Å². The third-order valence-electron chi connectivity index (χ3n) is 8.16. The molecular weight excluding hydrogens is 356 g/mol. The molecule has 154 valence electrons. The lowest BCUT2D eigenvalue weighted by molar-refractivity contribution is -0.228. The summed E-state index contributed by atoms with van der Waals surface area (Å²) in [4.78, 5) is 26.5. The Kier molecular flexibility index (Phi) is 3.42. The lowest BCUT2D eigenvalue weighted by Gasteiger charge is -2.45. The number of hydrogen-bond donors (Lipinski definition) is 3. The second kappa shape index (κ2) is 4.50. The van der Waals surface area contributed by atoms with Gasteiger partial charge in [0, 0.05) is 7.11 Å². The van der Waals surface area contributed by atoms with Gasteiger partial charge in [0.05, 0.1) is 0 Å². The van der Waals surface area contributed by atoms with E-state index in [-0.39, 0.29) is 0 Å². The van der Waals surface area contributed by atoms with Crippen LogP contribution in [0.1, 0.15) is 55.4 Å². The Balaban J connectivity index is 2.23. The summed E-state index contributed by atoms with van der Waals surface area (Å²) in [5.74, 6) is -1.63. The zero-order valence-electron chi connectivity index (χ0n) is 17.4. The number of esters is 2. The number of aliphatic hydroxyl groups is 3. The summed E-state index contributed by atoms with van der Waals surface area (Å²) < 4.78 is 17.0. The van der Waals surface area contributed by atoms with E-state index in [1.165, 1.54) is 55.6 Å². The van der Waals surface area contributed by atoms with Gasteiger partial charge in [-0.05, 0) is 55.4 Å². The predicted molar refractivity (Wildman–Crippen MR) is 92.5 cm³/mol. The molecule has 5 unspecified atom stereocenters. The van der Waals surface area contributed by atoms with Gasteiger partial charge in [-0.2, -0.15) is 0 Å². The van der Waals surface area contributed by atoms with Gasteiger partial charge in [0.1, 0.15) is 33.2 Å². The summed E-state index contributed by atoms with van der Waals surface area (Å²) in [7, 11) is 1.36. The lowest BCUT2D eigenvalue weighted by atomic mass is 9.76. The van der Waals surface area contributed by atoms with Crippen LogP contribution in [0.3, 0.4) is 0 Å². The van der Waals surface area contributed by atoms with Crippen molar-refractivity contribution in [2.75, 3.05) is 7.11 Å². The van der Waals surface area contributed by atoms with E-state index in [4.69, 9.17) is 14.2 Å². The van der Waals surface area contributed by atoms with Gasteiger partial charge in [0.2, 0.25) is 0 Å². The molecule has 1 aliphatic heterocycles. The second-order valence-electron chi connectivity index (χ2n) is 9.85. The Bertz CT molecular complexity index is 731. The standard InChI is InChI=1S/C19H30O8/c1-12(2)10(20)27-19(16(7,24)17(19,8)25-9)13(3,4)11(21)26-18(12)14(5,22)15(18,6)23/h22-24H,1-9H3. The average molecular weight is 386 g/mol. The van der Waals surface area contributed by atoms with Crippen molar-refractivity contribution < 1.29 is 39.1 Å². The Hall–Kier alpha value is -1.22. The molecule has 0 amide bonds. The van der Waals surface area contributed by atoms with Crippen molar-refractivity contribution in [2.45, 2.75) is 89.0 Å². The summed E-state index contributed by atoms with van der Waals surface area (Å²) in [6.07, 6.45) is 0. The molecule has 0 radical (unpaired) electrons. The summed E-state index contributed by atoms with van der Waals surface area (Å²) in [6, 6.07) is 0. The minimum Gasteiger partial charge on any atom is -0.451 e. The molecule has 2 aliphatic carbocycles. The largest absolute Gasteiger partial charge is 0.451 e. The van der Waals surface area contributed by atoms with E-state index in [0.717, 1.165) is 0 Å². The molecule has 27 heavy (non-hydrogen) atoms. The molecule has 3 N–H and O–H groups in total. The monoisotopic (exact) mass is 386 g/mol. The van der Waals surface area contributed by atoms with Crippen molar-refractivity contribution in [1.82, 2.24) is 0 Å². The normalized spacial score (nSPS) is 55.6. The minimum absolute atomic E-state index is 0.817. The van der Waals surface area contributed by atoms with Crippen LogP contribution >= 0.6 is 0 Å². The summed E-state index contributed by atoms with van der Waals surface area (Å²) in [5.41, 5.74) is -13.5. The Labute approximate surface area is 158 Å². The molecular formula is C19H30O8. The fourth-order valence-electron chi connectivity index (χ4n) is 5.88. The average Bonchev–Trinajstić information content (AvgIpc) is 3.09. The van der Waals surface area contributed by atoms with Crippen LogP contribution in [-0.4, -0.2) is 68.0 Å². The third-order valence-corrected chi connectivity index (χ3v) is 8.16. The number of methoxy groups -OCH3 is 1. The molecule has 1 heterocycles. The van der Waals surface area contributed by atoms with Crippen molar-refractivity contribution in [3.63, 3.8) is 0 Å². The van der Waals surface area contributed by atoms with E-state index >= 15 is 0 Å². The highest BCUT2D eigenvalue weighted by Gasteiger charge is 2.98. The highest BCUT2D eigenvalue weighted by molar-refractivity contribution is 5.89. The molecule has 2 spiro atoms. The van der Waals surface area contributed by atoms with Crippen molar-refractivity contribution in [3.8, 4) is 0 Å². The first kappa shape index (κ1) is 20.5. The zero-order valence-corrected chi connectivity index (χ0v) is 17.4. The van der Waals surface area contributed by atoms with E-state index in [9.17, 15) is 24.9 Å². The van der Waals surface area contributed by atoms with Crippen LogP contribution in [0.4, 0.5) is 0 Å². The van der Waals surface area contributed by atoms with Gasteiger partial charge in [-0.1, -0.05) is 0 Å². The van der Waals surface area contributed by atoms with Gasteiger partial charge >= 0.3 is 11.9 Å². The number of carbonyl (C=O) groups is 2. The van der Waals surface area contributed by atoms with Crippen LogP contribution < -0.4 is 0 Å². The first-order valence-corrected chi connectivity index (χ1v) is 9.01. The van der Waals surface area contributed by atoms with E-state index in [0.29, 0.717) is 0 Å². The van der Waals surface area contributed by atoms with Crippen molar-refractivity contribution >= 4 is 11.9 Å². The Morgan fingerprint density at radius 2 is 1.00 bits per heavy atom. The SMILES string of the molecule is COC1(C)C(C)(O)C12OC(=O)C(C)(C)C1(OC(=O)C2(C)C)C(C)(O)C1(C)O. The maximum absolute atomic E-state index is 13.3. The molecule has 3 fully saturated rings. The van der Waals surface area contributed by atoms with Gasteiger partial charge < -0.3 is 29.5 Å². The van der Waals surface area contributed by atoms with Gasteiger partial charge in [-0.3, -0.25) is 9.59 Å². The maximum Gasteiger partial charge on any atom is 0.316 e. The number of ether oxygens (including phenoxy) is 3. The van der Waals surface area contributed by atoms with E-state index in [2.05, 4.69) is 0 Å². The van der Waals surface area contributed by atoms with Crippen LogP contribution in [-0.2, 0) is 23.8 Å². The van der Waals surface area contributed by atoms with Crippen molar-refractivity contribution in [2.24, 2.45) is 10.8 Å². The maximum atomic E-state index is 13.3.